The Morgan fingerprint density at radius 2 is 1.70 bits per heavy atom. The molecule has 0 saturated carbocycles. The minimum absolute atomic E-state index is 0.0175. The van der Waals surface area contributed by atoms with Crippen molar-refractivity contribution in [2.45, 2.75) is 26.2 Å². The summed E-state index contributed by atoms with van der Waals surface area (Å²) in [6.45, 7) is 6.04. The van der Waals surface area contributed by atoms with E-state index in [4.69, 9.17) is 0 Å². The van der Waals surface area contributed by atoms with Gasteiger partial charge in [-0.25, -0.2) is 9.37 Å². The van der Waals surface area contributed by atoms with Crippen molar-refractivity contribution < 1.29 is 4.39 Å². The monoisotopic (exact) mass is 480 g/mol. The summed E-state index contributed by atoms with van der Waals surface area (Å²) in [7, 11) is 0. The van der Waals surface area contributed by atoms with Crippen molar-refractivity contribution in [1.29, 1.82) is 0 Å². The number of nitrogens with zero attached hydrogens (tertiary/aromatic N) is 1. The Bertz CT molecular complexity index is 1230. The SMILES string of the molecule is CC(C)(C)c1[nH]cnc1C=c1[nH]c(=O)c(=Cc2cc(I)ccc2F)[nH]c1=O. The third-order valence-corrected chi connectivity index (χ3v) is 4.61. The quantitative estimate of drug-likeness (QED) is 0.486. The number of aromatic nitrogens is 4. The summed E-state index contributed by atoms with van der Waals surface area (Å²) in [6.07, 6.45) is 4.38. The molecule has 140 valence electrons. The predicted molar refractivity (Wildman–Crippen MR) is 110 cm³/mol. The van der Waals surface area contributed by atoms with Gasteiger partial charge in [-0.2, -0.15) is 0 Å². The number of H-pyrrole nitrogens is 3. The molecule has 0 aliphatic rings. The molecule has 0 radical (unpaired) electrons. The number of hydrogen-bond donors (Lipinski definition) is 3. The van der Waals surface area contributed by atoms with E-state index in [1.54, 1.807) is 18.5 Å². The number of nitrogens with one attached hydrogen (secondary N) is 3. The molecule has 1 aromatic carbocycles. The van der Waals surface area contributed by atoms with Crippen LogP contribution < -0.4 is 21.8 Å². The molecular formula is C19H18FIN4O2. The normalized spacial score (nSPS) is 13.4. The van der Waals surface area contributed by atoms with E-state index in [-0.39, 0.29) is 21.7 Å². The minimum Gasteiger partial charge on any atom is -0.348 e. The fourth-order valence-electron chi connectivity index (χ4n) is 2.63. The summed E-state index contributed by atoms with van der Waals surface area (Å²) >= 11 is 2.05. The van der Waals surface area contributed by atoms with Crippen LogP contribution in [0, 0.1) is 9.39 Å². The van der Waals surface area contributed by atoms with Gasteiger partial charge in [0, 0.05) is 20.2 Å². The third-order valence-electron chi connectivity index (χ3n) is 3.94. The fourth-order valence-corrected chi connectivity index (χ4v) is 3.14. The Morgan fingerprint density at radius 3 is 2.33 bits per heavy atom. The first-order valence-corrected chi connectivity index (χ1v) is 9.28. The molecule has 0 aliphatic heterocycles. The van der Waals surface area contributed by atoms with Gasteiger partial charge in [-0.1, -0.05) is 20.8 Å². The van der Waals surface area contributed by atoms with Crippen LogP contribution in [0.25, 0.3) is 12.2 Å². The number of aromatic amines is 3. The third kappa shape index (κ3) is 4.26. The molecule has 0 fully saturated rings. The van der Waals surface area contributed by atoms with Crippen molar-refractivity contribution in [1.82, 2.24) is 19.9 Å². The van der Waals surface area contributed by atoms with Gasteiger partial charge in [-0.15, -0.1) is 0 Å². The first kappa shape index (κ1) is 19.3. The topological polar surface area (TPSA) is 94.4 Å². The molecule has 0 unspecified atom stereocenters. The maximum Gasteiger partial charge on any atom is 0.272 e. The molecule has 8 heteroatoms. The molecule has 2 aromatic heterocycles. The summed E-state index contributed by atoms with van der Waals surface area (Å²) in [6, 6.07) is 4.52. The number of benzene rings is 1. The van der Waals surface area contributed by atoms with E-state index in [1.807, 2.05) is 43.4 Å². The second-order valence-electron chi connectivity index (χ2n) is 7.10. The first-order chi connectivity index (χ1) is 12.6. The van der Waals surface area contributed by atoms with Gasteiger partial charge in [0.05, 0.1) is 12.0 Å². The molecule has 3 aromatic rings. The molecule has 0 spiro atoms. The lowest BCUT2D eigenvalue weighted by Crippen LogP contribution is -2.46. The van der Waals surface area contributed by atoms with Gasteiger partial charge in [-0.3, -0.25) is 9.59 Å². The lowest BCUT2D eigenvalue weighted by Gasteiger charge is -2.16. The Balaban J connectivity index is 2.16. The molecule has 2 heterocycles. The summed E-state index contributed by atoms with van der Waals surface area (Å²) < 4.78 is 14.7. The van der Waals surface area contributed by atoms with Gasteiger partial charge in [0.15, 0.2) is 0 Å². The van der Waals surface area contributed by atoms with Crippen LogP contribution in [0.2, 0.25) is 0 Å². The van der Waals surface area contributed by atoms with Crippen molar-refractivity contribution >= 4 is 34.7 Å². The van der Waals surface area contributed by atoms with E-state index in [1.165, 1.54) is 18.2 Å². The highest BCUT2D eigenvalue weighted by molar-refractivity contribution is 14.1. The Labute approximate surface area is 167 Å². The van der Waals surface area contributed by atoms with Crippen LogP contribution in [0.5, 0.6) is 0 Å². The zero-order chi connectivity index (χ0) is 19.8. The van der Waals surface area contributed by atoms with Crippen LogP contribution in [0.1, 0.15) is 37.7 Å². The van der Waals surface area contributed by atoms with E-state index < -0.39 is 16.9 Å². The average Bonchev–Trinajstić information content (AvgIpc) is 3.04. The van der Waals surface area contributed by atoms with Crippen molar-refractivity contribution in [2.24, 2.45) is 0 Å². The molecule has 0 aliphatic carbocycles. The van der Waals surface area contributed by atoms with Crippen LogP contribution in [0.3, 0.4) is 0 Å². The van der Waals surface area contributed by atoms with Crippen molar-refractivity contribution in [3.8, 4) is 0 Å². The van der Waals surface area contributed by atoms with Crippen LogP contribution >= 0.6 is 22.6 Å². The second-order valence-corrected chi connectivity index (χ2v) is 8.35. The van der Waals surface area contributed by atoms with Crippen molar-refractivity contribution in [3.05, 3.63) is 82.3 Å². The van der Waals surface area contributed by atoms with Crippen LogP contribution in [0.4, 0.5) is 4.39 Å². The molecule has 27 heavy (non-hydrogen) atoms. The van der Waals surface area contributed by atoms with Gasteiger partial charge >= 0.3 is 0 Å². The van der Waals surface area contributed by atoms with Crippen molar-refractivity contribution in [2.75, 3.05) is 0 Å². The summed E-state index contributed by atoms with van der Waals surface area (Å²) in [5.74, 6) is -0.474. The van der Waals surface area contributed by atoms with E-state index in [2.05, 4.69) is 19.9 Å². The van der Waals surface area contributed by atoms with Gasteiger partial charge in [0.2, 0.25) is 0 Å². The highest BCUT2D eigenvalue weighted by Crippen LogP contribution is 2.22. The van der Waals surface area contributed by atoms with Crippen LogP contribution in [0.15, 0.2) is 34.1 Å². The van der Waals surface area contributed by atoms with Crippen LogP contribution in [-0.4, -0.2) is 19.9 Å². The zero-order valence-electron chi connectivity index (χ0n) is 15.0. The average molecular weight is 480 g/mol. The van der Waals surface area contributed by atoms with E-state index in [9.17, 15) is 14.0 Å². The number of hydrogen-bond acceptors (Lipinski definition) is 3. The van der Waals surface area contributed by atoms with E-state index >= 15 is 0 Å². The Morgan fingerprint density at radius 1 is 1.07 bits per heavy atom. The molecule has 6 nitrogen and oxygen atoms in total. The van der Waals surface area contributed by atoms with Gasteiger partial charge < -0.3 is 15.0 Å². The minimum atomic E-state index is -0.521. The molecule has 3 N–H and O–H groups in total. The number of halogens is 2. The zero-order valence-corrected chi connectivity index (χ0v) is 17.1. The van der Waals surface area contributed by atoms with Gasteiger partial charge in [0.1, 0.15) is 16.5 Å². The smallest absolute Gasteiger partial charge is 0.272 e. The lowest BCUT2D eigenvalue weighted by atomic mass is 9.90. The molecule has 0 saturated heterocycles. The molecular weight excluding hydrogens is 462 g/mol. The van der Waals surface area contributed by atoms with Gasteiger partial charge in [0.25, 0.3) is 11.1 Å². The fraction of sp³-hybridized carbons (Fsp3) is 0.211. The van der Waals surface area contributed by atoms with E-state index in [0.717, 1.165) is 9.26 Å². The molecule has 0 amide bonds. The molecule has 3 rings (SSSR count). The lowest BCUT2D eigenvalue weighted by molar-refractivity contribution is 0.571. The summed E-state index contributed by atoms with van der Waals surface area (Å²) in [5.41, 5.74) is 0.428. The van der Waals surface area contributed by atoms with E-state index in [0.29, 0.717) is 5.69 Å². The molecule has 0 bridgehead atoms. The largest absolute Gasteiger partial charge is 0.348 e. The van der Waals surface area contributed by atoms with Crippen molar-refractivity contribution in [3.63, 3.8) is 0 Å². The highest BCUT2D eigenvalue weighted by atomic mass is 127. The maximum absolute atomic E-state index is 13.9. The highest BCUT2D eigenvalue weighted by Gasteiger charge is 2.19. The molecule has 0 atom stereocenters. The number of rotatable bonds is 2. The Hall–Kier alpha value is -2.49. The number of imidazole rings is 1. The summed E-state index contributed by atoms with van der Waals surface area (Å²) in [5, 5.41) is 0.0639. The second kappa shape index (κ2) is 7.26. The van der Waals surface area contributed by atoms with Crippen LogP contribution in [-0.2, 0) is 5.41 Å². The predicted octanol–water partition coefficient (Wildman–Crippen LogP) is 1.49. The van der Waals surface area contributed by atoms with Gasteiger partial charge in [-0.05, 0) is 52.9 Å². The Kier molecular flexibility index (Phi) is 5.18. The maximum atomic E-state index is 13.9. The standard InChI is InChI=1S/C19H18FIN4O2/c1-19(2,3)16-13(22-9-23-16)8-15-18(27)24-14(17(26)25-15)7-10-6-11(21)4-5-12(10)20/h4-9H,1-3H3,(H,22,23)(H,24,27)(H,25,26). The first-order valence-electron chi connectivity index (χ1n) is 8.20. The summed E-state index contributed by atoms with van der Waals surface area (Å²) in [4.78, 5) is 37.1.